The number of amides is 1. The SMILES string of the molecule is COc1ccc([N+](=O)[O-])cc1CNCCCCC(N)=O. The third-order valence-electron chi connectivity index (χ3n) is 2.82. The van der Waals surface area contributed by atoms with Crippen molar-refractivity contribution in [1.29, 1.82) is 0 Å². The van der Waals surface area contributed by atoms with Crippen molar-refractivity contribution in [3.63, 3.8) is 0 Å². The zero-order valence-corrected chi connectivity index (χ0v) is 11.4. The molecule has 1 aromatic rings. The van der Waals surface area contributed by atoms with Gasteiger partial charge in [-0.1, -0.05) is 0 Å². The van der Waals surface area contributed by atoms with Crippen LogP contribution >= 0.6 is 0 Å². The summed E-state index contributed by atoms with van der Waals surface area (Å²) in [7, 11) is 1.53. The molecule has 0 saturated carbocycles. The van der Waals surface area contributed by atoms with E-state index in [4.69, 9.17) is 10.5 Å². The Kier molecular flexibility index (Phi) is 6.45. The molecular weight excluding hydrogens is 262 g/mol. The number of nitrogens with two attached hydrogens (primary N) is 1. The molecule has 0 heterocycles. The predicted molar refractivity (Wildman–Crippen MR) is 74.4 cm³/mol. The molecule has 1 aromatic carbocycles. The summed E-state index contributed by atoms with van der Waals surface area (Å²) in [5.41, 5.74) is 5.81. The summed E-state index contributed by atoms with van der Waals surface area (Å²) < 4.78 is 5.17. The van der Waals surface area contributed by atoms with Crippen molar-refractivity contribution in [3.8, 4) is 5.75 Å². The highest BCUT2D eigenvalue weighted by atomic mass is 16.6. The third kappa shape index (κ3) is 5.23. The minimum absolute atomic E-state index is 0.0383. The molecule has 7 heteroatoms. The van der Waals surface area contributed by atoms with Crippen LogP contribution in [0.15, 0.2) is 18.2 Å². The van der Waals surface area contributed by atoms with E-state index >= 15 is 0 Å². The van der Waals surface area contributed by atoms with Gasteiger partial charge in [-0.15, -0.1) is 0 Å². The van der Waals surface area contributed by atoms with E-state index in [0.29, 0.717) is 25.3 Å². The van der Waals surface area contributed by atoms with Crippen LogP contribution in [0.1, 0.15) is 24.8 Å². The third-order valence-corrected chi connectivity index (χ3v) is 2.82. The lowest BCUT2D eigenvalue weighted by atomic mass is 10.1. The average Bonchev–Trinajstić information content (AvgIpc) is 2.42. The normalized spacial score (nSPS) is 10.2. The Morgan fingerprint density at radius 2 is 2.20 bits per heavy atom. The first kappa shape index (κ1) is 15.9. The molecule has 20 heavy (non-hydrogen) atoms. The second-order valence-corrected chi connectivity index (χ2v) is 4.35. The second kappa shape index (κ2) is 8.11. The summed E-state index contributed by atoms with van der Waals surface area (Å²) in [6.45, 7) is 1.18. The predicted octanol–water partition coefficient (Wildman–Crippen LogP) is 1.35. The maximum Gasteiger partial charge on any atom is 0.270 e. The molecule has 0 bridgehead atoms. The Labute approximate surface area is 117 Å². The summed E-state index contributed by atoms with van der Waals surface area (Å²) in [6.07, 6.45) is 1.93. The molecule has 1 amide bonds. The van der Waals surface area contributed by atoms with Crippen LogP contribution < -0.4 is 15.8 Å². The zero-order valence-electron chi connectivity index (χ0n) is 11.4. The first-order valence-corrected chi connectivity index (χ1v) is 6.35. The number of nitrogens with zero attached hydrogens (tertiary/aromatic N) is 1. The van der Waals surface area contributed by atoms with Crippen molar-refractivity contribution in [2.45, 2.75) is 25.8 Å². The van der Waals surface area contributed by atoms with Gasteiger partial charge in [-0.3, -0.25) is 14.9 Å². The van der Waals surface area contributed by atoms with Crippen molar-refractivity contribution in [1.82, 2.24) is 5.32 Å². The van der Waals surface area contributed by atoms with Gasteiger partial charge in [-0.2, -0.15) is 0 Å². The summed E-state index contributed by atoms with van der Waals surface area (Å²) in [6, 6.07) is 4.49. The highest BCUT2D eigenvalue weighted by Crippen LogP contribution is 2.23. The Balaban J connectivity index is 2.47. The van der Waals surface area contributed by atoms with Gasteiger partial charge < -0.3 is 15.8 Å². The van der Waals surface area contributed by atoms with Crippen molar-refractivity contribution in [2.24, 2.45) is 5.73 Å². The molecule has 0 fully saturated rings. The smallest absolute Gasteiger partial charge is 0.270 e. The standard InChI is InChI=1S/C13H19N3O4/c1-20-12-6-5-11(16(18)19)8-10(12)9-15-7-3-2-4-13(14)17/h5-6,8,15H,2-4,7,9H2,1H3,(H2,14,17). The van der Waals surface area contributed by atoms with Crippen molar-refractivity contribution in [3.05, 3.63) is 33.9 Å². The number of nitro benzene ring substituents is 1. The monoisotopic (exact) mass is 281 g/mol. The van der Waals surface area contributed by atoms with Gasteiger partial charge in [0.15, 0.2) is 0 Å². The van der Waals surface area contributed by atoms with Gasteiger partial charge in [-0.25, -0.2) is 0 Å². The van der Waals surface area contributed by atoms with Crippen molar-refractivity contribution < 1.29 is 14.5 Å². The lowest BCUT2D eigenvalue weighted by molar-refractivity contribution is -0.384. The van der Waals surface area contributed by atoms with Gasteiger partial charge in [0.2, 0.25) is 5.91 Å². The van der Waals surface area contributed by atoms with Gasteiger partial charge in [0.05, 0.1) is 12.0 Å². The number of carbonyl (C=O) groups excluding carboxylic acids is 1. The second-order valence-electron chi connectivity index (χ2n) is 4.35. The highest BCUT2D eigenvalue weighted by Gasteiger charge is 2.10. The number of carbonyl (C=O) groups is 1. The Bertz CT molecular complexity index is 477. The number of benzene rings is 1. The average molecular weight is 281 g/mol. The van der Waals surface area contributed by atoms with E-state index in [2.05, 4.69) is 5.32 Å². The number of hydrogen-bond acceptors (Lipinski definition) is 5. The minimum Gasteiger partial charge on any atom is -0.496 e. The fraction of sp³-hybridized carbons (Fsp3) is 0.462. The van der Waals surface area contributed by atoms with Crippen LogP contribution in [0.5, 0.6) is 5.75 Å². The van der Waals surface area contributed by atoms with E-state index in [9.17, 15) is 14.9 Å². The number of non-ortho nitro benzene ring substituents is 1. The fourth-order valence-electron chi connectivity index (χ4n) is 1.79. The molecule has 3 N–H and O–H groups in total. The van der Waals surface area contributed by atoms with Gasteiger partial charge >= 0.3 is 0 Å². The lowest BCUT2D eigenvalue weighted by Gasteiger charge is -2.09. The molecule has 1 rings (SSSR count). The van der Waals surface area contributed by atoms with Crippen molar-refractivity contribution >= 4 is 11.6 Å². The van der Waals surface area contributed by atoms with Gasteiger partial charge in [0.25, 0.3) is 5.69 Å². The topological polar surface area (TPSA) is 107 Å². The Morgan fingerprint density at radius 1 is 1.45 bits per heavy atom. The molecule has 0 saturated heterocycles. The van der Waals surface area contributed by atoms with E-state index in [-0.39, 0.29) is 11.6 Å². The summed E-state index contributed by atoms with van der Waals surface area (Å²) in [5.74, 6) is 0.311. The number of nitrogens with one attached hydrogen (secondary N) is 1. The molecule has 7 nitrogen and oxygen atoms in total. The maximum atomic E-state index is 10.7. The van der Waals surface area contributed by atoms with Crippen LogP contribution in [0.3, 0.4) is 0 Å². The van der Waals surface area contributed by atoms with Crippen LogP contribution in [0, 0.1) is 10.1 Å². The molecule has 110 valence electrons. The largest absolute Gasteiger partial charge is 0.496 e. The molecule has 0 unspecified atom stereocenters. The first-order valence-electron chi connectivity index (χ1n) is 6.35. The summed E-state index contributed by atoms with van der Waals surface area (Å²) >= 11 is 0. The molecule has 0 spiro atoms. The van der Waals surface area contributed by atoms with Gasteiger partial charge in [0.1, 0.15) is 5.75 Å². The summed E-state index contributed by atoms with van der Waals surface area (Å²) in [5, 5.41) is 13.9. The van der Waals surface area contributed by atoms with E-state index < -0.39 is 4.92 Å². The van der Waals surface area contributed by atoms with E-state index in [1.807, 2.05) is 0 Å². The number of primary amides is 1. The minimum atomic E-state index is -0.435. The summed E-state index contributed by atoms with van der Waals surface area (Å²) in [4.78, 5) is 20.9. The number of unbranched alkanes of at least 4 members (excludes halogenated alkanes) is 1. The first-order chi connectivity index (χ1) is 9.54. The number of methoxy groups -OCH3 is 1. The van der Waals surface area contributed by atoms with Crippen LogP contribution in [-0.2, 0) is 11.3 Å². The molecule has 0 aliphatic carbocycles. The van der Waals surface area contributed by atoms with E-state index in [1.165, 1.54) is 19.2 Å². The van der Waals surface area contributed by atoms with Crippen molar-refractivity contribution in [2.75, 3.05) is 13.7 Å². The molecule has 0 aromatic heterocycles. The van der Waals surface area contributed by atoms with E-state index in [1.54, 1.807) is 6.07 Å². The molecule has 0 atom stereocenters. The number of hydrogen-bond donors (Lipinski definition) is 2. The highest BCUT2D eigenvalue weighted by molar-refractivity contribution is 5.73. The Hall–Kier alpha value is -2.15. The van der Waals surface area contributed by atoms with Gasteiger partial charge in [0, 0.05) is 30.7 Å². The fourth-order valence-corrected chi connectivity index (χ4v) is 1.79. The maximum absolute atomic E-state index is 10.7. The molecular formula is C13H19N3O4. The van der Waals surface area contributed by atoms with Crippen LogP contribution in [-0.4, -0.2) is 24.5 Å². The lowest BCUT2D eigenvalue weighted by Crippen LogP contribution is -2.16. The van der Waals surface area contributed by atoms with Crippen LogP contribution in [0.25, 0.3) is 0 Å². The molecule has 0 aliphatic heterocycles. The van der Waals surface area contributed by atoms with E-state index in [0.717, 1.165) is 18.4 Å². The number of rotatable bonds is 9. The zero-order chi connectivity index (χ0) is 15.0. The number of ether oxygens (including phenoxy) is 1. The van der Waals surface area contributed by atoms with Gasteiger partial charge in [-0.05, 0) is 25.5 Å². The molecule has 0 radical (unpaired) electrons. The quantitative estimate of drug-likeness (QED) is 0.403. The Morgan fingerprint density at radius 3 is 2.80 bits per heavy atom. The van der Waals surface area contributed by atoms with Crippen LogP contribution in [0.4, 0.5) is 5.69 Å². The molecule has 0 aliphatic rings. The number of nitro groups is 1. The van der Waals surface area contributed by atoms with Crippen LogP contribution in [0.2, 0.25) is 0 Å².